The molecule has 1 aliphatic heterocycles. The van der Waals surface area contributed by atoms with Crippen LogP contribution < -0.4 is 4.70 Å². The van der Waals surface area contributed by atoms with Crippen molar-refractivity contribution < 1.29 is 49.9 Å². The van der Waals surface area contributed by atoms with Gasteiger partial charge in [-0.2, -0.15) is 0 Å². The Labute approximate surface area is 228 Å². The number of ether oxygens (including phenoxy) is 1. The van der Waals surface area contributed by atoms with Crippen LogP contribution in [0.4, 0.5) is 21.0 Å². The second-order valence-electron chi connectivity index (χ2n) is 5.62. The van der Waals surface area contributed by atoms with Crippen LogP contribution in [0.3, 0.4) is 0 Å². The van der Waals surface area contributed by atoms with E-state index in [4.69, 9.17) is 4.74 Å². The van der Waals surface area contributed by atoms with E-state index in [9.17, 15) is 21.0 Å². The van der Waals surface area contributed by atoms with Crippen molar-refractivity contribution in [2.75, 3.05) is 34.8 Å². The van der Waals surface area contributed by atoms with Crippen LogP contribution >= 0.6 is 8.16 Å². The topological polar surface area (TPSA) is 71.0 Å². The summed E-state index contributed by atoms with van der Waals surface area (Å²) in [6, 6.07) is 21.2. The summed E-state index contributed by atoms with van der Waals surface area (Å²) in [5.74, 6) is 0.694. The normalized spacial score (nSPS) is 13.1. The number of halogens is 6. The molecule has 0 amide bonds. The molecule has 0 unspecified atom stereocenters. The molecule has 0 fully saturated rings. The first-order valence-electron chi connectivity index (χ1n) is 9.33. The van der Waals surface area contributed by atoms with Crippen LogP contribution in [0.2, 0.25) is 0 Å². The van der Waals surface area contributed by atoms with E-state index in [1.807, 2.05) is 42.5 Å². The Hall–Kier alpha value is -2.78. The molecule has 0 aromatic heterocycles. The fourth-order valence-corrected chi connectivity index (χ4v) is 1.89. The molecule has 0 saturated carbocycles. The second-order valence-corrected chi connectivity index (χ2v) is 6.90. The maximum atomic E-state index is 9.84. The van der Waals surface area contributed by atoms with Crippen molar-refractivity contribution in [3.05, 3.63) is 71.8 Å². The van der Waals surface area contributed by atoms with Gasteiger partial charge in [0.05, 0.1) is 0 Å². The largest absolute Gasteiger partial charge is 6.00 e. The third-order valence-electron chi connectivity index (χ3n) is 2.77. The average Bonchev–Trinajstić information content (AvgIpc) is 3.26. The summed E-state index contributed by atoms with van der Waals surface area (Å²) in [4.78, 5) is 16.6. The Bertz CT molecular complexity index is 829. The maximum Gasteiger partial charge on any atom is 6.00 e. The molecular weight excluding hydrogens is 608 g/mol. The van der Waals surface area contributed by atoms with Crippen molar-refractivity contribution in [3.8, 4) is 0 Å². The fraction of sp³-hybridized carbons (Fsp3) is 0.261. The van der Waals surface area contributed by atoms with Gasteiger partial charge in [0.15, 0.2) is 0 Å². The molecular formula is C23H28F6N5OPRu. The van der Waals surface area contributed by atoms with E-state index in [2.05, 4.69) is 70.0 Å². The third kappa shape index (κ3) is 35.5. The first-order chi connectivity index (χ1) is 16.3. The Kier molecular flexibility index (Phi) is 31.4. The van der Waals surface area contributed by atoms with E-state index in [-0.39, 0.29) is 30.2 Å². The molecule has 37 heavy (non-hydrogen) atoms. The van der Waals surface area contributed by atoms with Crippen LogP contribution in [-0.2, 0) is 24.2 Å². The predicted molar refractivity (Wildman–Crippen MR) is 137 cm³/mol. The molecule has 0 aliphatic carbocycles. The minimum Gasteiger partial charge on any atom is -1.00 e. The SMILES string of the molecule is FP(F)(F)(F)F.[CH-]=NC.[CH-]=NC.[CH-]=NC.[CH-]=NC.[F-].[Ru+6].[c-]1ccccc1C1=N[C@H](c2ccccc2)CO1. The predicted octanol–water partition coefficient (Wildman–Crippen LogP) is 3.74. The van der Waals surface area contributed by atoms with Crippen molar-refractivity contribution in [2.24, 2.45) is 25.0 Å². The summed E-state index contributed by atoms with van der Waals surface area (Å²) in [6.45, 7) is 18.5. The van der Waals surface area contributed by atoms with E-state index in [0.717, 1.165) is 5.56 Å². The Morgan fingerprint density at radius 3 is 1.54 bits per heavy atom. The molecule has 1 heterocycles. The third-order valence-corrected chi connectivity index (χ3v) is 2.77. The molecule has 0 bridgehead atoms. The number of hydrogen-bond acceptors (Lipinski definition) is 6. The van der Waals surface area contributed by atoms with Crippen LogP contribution in [-0.4, -0.2) is 67.6 Å². The van der Waals surface area contributed by atoms with Gasteiger partial charge in [-0.15, -0.1) is 30.3 Å². The molecule has 3 rings (SSSR count). The first-order valence-corrected chi connectivity index (χ1v) is 11.0. The zero-order chi connectivity index (χ0) is 27.8. The summed E-state index contributed by atoms with van der Waals surface area (Å²) in [5.41, 5.74) is 2.12. The molecule has 206 valence electrons. The molecule has 2 aromatic rings. The zero-order valence-electron chi connectivity index (χ0n) is 20.5. The second kappa shape index (κ2) is 26.3. The number of hydrogen-bond donors (Lipinski definition) is 0. The number of benzene rings is 2. The van der Waals surface area contributed by atoms with E-state index >= 15 is 0 Å². The van der Waals surface area contributed by atoms with E-state index in [1.165, 1.54) is 33.8 Å². The van der Waals surface area contributed by atoms with Crippen molar-refractivity contribution >= 4 is 40.9 Å². The van der Waals surface area contributed by atoms with E-state index in [0.29, 0.717) is 12.5 Å². The van der Waals surface area contributed by atoms with Crippen molar-refractivity contribution in [3.63, 3.8) is 0 Å². The molecule has 1 atom stereocenters. The number of rotatable bonds is 2. The van der Waals surface area contributed by atoms with Crippen molar-refractivity contribution in [1.82, 2.24) is 0 Å². The Balaban J connectivity index is -0.000000144. The maximum absolute atomic E-state index is 9.84. The zero-order valence-corrected chi connectivity index (χ0v) is 23.1. The number of aliphatic imine (C=N–C) groups is 5. The van der Waals surface area contributed by atoms with E-state index in [1.54, 1.807) is 0 Å². The quantitative estimate of drug-likeness (QED) is 0.163. The van der Waals surface area contributed by atoms with Gasteiger partial charge < -0.3 is 56.3 Å². The molecule has 6 nitrogen and oxygen atoms in total. The van der Waals surface area contributed by atoms with Gasteiger partial charge in [0, 0.05) is 0 Å². The summed E-state index contributed by atoms with van der Waals surface area (Å²) >= 11 is 0. The smallest absolute Gasteiger partial charge is 1.00 e. The van der Waals surface area contributed by atoms with Crippen LogP contribution in [0.25, 0.3) is 0 Å². The summed E-state index contributed by atoms with van der Waals surface area (Å²) in [6.07, 6.45) is 0. The summed E-state index contributed by atoms with van der Waals surface area (Å²) in [5, 5.41) is 0. The minimum atomic E-state index is -8.55. The number of nitrogens with zero attached hydrogens (tertiary/aromatic N) is 5. The molecule has 0 radical (unpaired) electrons. The Morgan fingerprint density at radius 2 is 1.19 bits per heavy atom. The van der Waals surface area contributed by atoms with Crippen LogP contribution in [0.15, 0.2) is 79.6 Å². The van der Waals surface area contributed by atoms with Crippen LogP contribution in [0.1, 0.15) is 17.2 Å². The minimum absolute atomic E-state index is 0. The molecule has 1 aliphatic rings. The molecule has 14 heteroatoms. The van der Waals surface area contributed by atoms with Gasteiger partial charge >= 0.3 is 48.6 Å². The first kappa shape index (κ1) is 44.2. The molecule has 0 saturated heterocycles. The fourth-order valence-electron chi connectivity index (χ4n) is 1.89. The van der Waals surface area contributed by atoms with Gasteiger partial charge in [0.1, 0.15) is 18.5 Å². The summed E-state index contributed by atoms with van der Waals surface area (Å²) in [7, 11) is -2.44. The van der Waals surface area contributed by atoms with Crippen LogP contribution in [0, 0.1) is 6.07 Å². The molecule has 0 N–H and O–H groups in total. The average molecular weight is 637 g/mol. The standard InChI is InChI=1S/C15H12NO.4C2H4N.F5P.FH.Ru/c1-3-7-12(8-4-1)14-11-17-15(16-14)13-9-5-2-6-10-13;4*1-3-2;1-6(2,3,4)5;;/h1-9,14H,11H2;4*1H,2H3;;1H;/q5*-1;;;+6/p-1/t14-;;;;;;;/m0......./s1. The van der Waals surface area contributed by atoms with Gasteiger partial charge in [-0.25, -0.2) is 0 Å². The van der Waals surface area contributed by atoms with Gasteiger partial charge in [-0.1, -0.05) is 35.9 Å². The van der Waals surface area contributed by atoms with Crippen molar-refractivity contribution in [1.29, 1.82) is 0 Å². The van der Waals surface area contributed by atoms with E-state index < -0.39 is 8.16 Å². The van der Waals surface area contributed by atoms with Crippen molar-refractivity contribution in [2.45, 2.75) is 6.04 Å². The van der Waals surface area contributed by atoms with Gasteiger partial charge in [-0.3, -0.25) is 4.99 Å². The van der Waals surface area contributed by atoms with Gasteiger partial charge in [0.25, 0.3) is 0 Å². The van der Waals surface area contributed by atoms with Crippen LogP contribution in [0.5, 0.6) is 0 Å². The Morgan fingerprint density at radius 1 is 0.811 bits per heavy atom. The molecule has 0 spiro atoms. The van der Waals surface area contributed by atoms with Gasteiger partial charge in [0.2, 0.25) is 0 Å². The summed E-state index contributed by atoms with van der Waals surface area (Å²) < 4.78 is 54.8. The molecule has 2 aromatic carbocycles. The van der Waals surface area contributed by atoms with Gasteiger partial charge in [-0.05, 0) is 33.8 Å². The monoisotopic (exact) mass is 637 g/mol.